The molecule has 2 rings (SSSR count). The molecule has 2 aromatic carbocycles. The standard InChI is InChI=1S/C15H15BrClNO3S/c1-21-13-5-2-11(3-6-13)8-9-18-22(19,20)15-7-4-12(16)10-14(15)17/h2-7,10,18H,8-9H2,1H3. The maximum Gasteiger partial charge on any atom is 0.242 e. The third-order valence-corrected chi connectivity index (χ3v) is 5.49. The molecule has 0 saturated heterocycles. The van der Waals surface area contributed by atoms with Crippen LogP contribution in [-0.4, -0.2) is 22.1 Å². The number of halogens is 2. The van der Waals surface area contributed by atoms with Gasteiger partial charge in [0.2, 0.25) is 10.0 Å². The summed E-state index contributed by atoms with van der Waals surface area (Å²) >= 11 is 9.23. The lowest BCUT2D eigenvalue weighted by atomic mass is 10.1. The molecule has 0 amide bonds. The van der Waals surface area contributed by atoms with Crippen molar-refractivity contribution in [1.82, 2.24) is 4.72 Å². The number of nitrogens with one attached hydrogen (secondary N) is 1. The van der Waals surface area contributed by atoms with Crippen molar-refractivity contribution >= 4 is 37.6 Å². The molecular weight excluding hydrogens is 390 g/mol. The van der Waals surface area contributed by atoms with Crippen molar-refractivity contribution in [3.63, 3.8) is 0 Å². The van der Waals surface area contributed by atoms with Gasteiger partial charge in [-0.1, -0.05) is 39.7 Å². The number of ether oxygens (including phenoxy) is 1. The molecular formula is C15H15BrClNO3S. The number of rotatable bonds is 6. The van der Waals surface area contributed by atoms with E-state index >= 15 is 0 Å². The molecule has 0 fully saturated rings. The second-order valence-corrected chi connectivity index (χ2v) is 7.63. The molecule has 0 atom stereocenters. The van der Waals surface area contributed by atoms with Crippen molar-refractivity contribution in [3.8, 4) is 5.75 Å². The Labute approximate surface area is 143 Å². The number of hydrogen-bond acceptors (Lipinski definition) is 3. The van der Waals surface area contributed by atoms with Crippen molar-refractivity contribution in [1.29, 1.82) is 0 Å². The maximum atomic E-state index is 12.2. The minimum Gasteiger partial charge on any atom is -0.497 e. The number of sulfonamides is 1. The average Bonchev–Trinajstić information content (AvgIpc) is 2.47. The summed E-state index contributed by atoms with van der Waals surface area (Å²) < 4.78 is 32.8. The topological polar surface area (TPSA) is 55.4 Å². The summed E-state index contributed by atoms with van der Waals surface area (Å²) in [5.41, 5.74) is 1.02. The molecule has 7 heteroatoms. The van der Waals surface area contributed by atoms with Crippen LogP contribution < -0.4 is 9.46 Å². The van der Waals surface area contributed by atoms with Crippen molar-refractivity contribution in [3.05, 3.63) is 57.5 Å². The molecule has 118 valence electrons. The molecule has 0 saturated carbocycles. The van der Waals surface area contributed by atoms with Gasteiger partial charge in [0.05, 0.1) is 12.1 Å². The highest BCUT2D eigenvalue weighted by Gasteiger charge is 2.17. The highest BCUT2D eigenvalue weighted by molar-refractivity contribution is 9.10. The summed E-state index contributed by atoms with van der Waals surface area (Å²) in [6.45, 7) is 0.293. The van der Waals surface area contributed by atoms with E-state index in [1.807, 2.05) is 24.3 Å². The van der Waals surface area contributed by atoms with Crippen LogP contribution in [0.2, 0.25) is 5.02 Å². The fourth-order valence-corrected chi connectivity index (χ4v) is 3.96. The Morgan fingerprint density at radius 1 is 1.18 bits per heavy atom. The van der Waals surface area contributed by atoms with E-state index in [9.17, 15) is 8.42 Å². The summed E-state index contributed by atoms with van der Waals surface area (Å²) in [6.07, 6.45) is 0.581. The number of benzene rings is 2. The maximum absolute atomic E-state index is 12.2. The number of hydrogen-bond donors (Lipinski definition) is 1. The molecule has 1 N–H and O–H groups in total. The molecule has 22 heavy (non-hydrogen) atoms. The fourth-order valence-electron chi connectivity index (χ4n) is 1.89. The Bertz CT molecular complexity index is 748. The molecule has 0 heterocycles. The third-order valence-electron chi connectivity index (χ3n) is 3.05. The monoisotopic (exact) mass is 403 g/mol. The van der Waals surface area contributed by atoms with E-state index in [-0.39, 0.29) is 9.92 Å². The first kappa shape index (κ1) is 17.3. The van der Waals surface area contributed by atoms with Gasteiger partial charge in [0.1, 0.15) is 10.6 Å². The van der Waals surface area contributed by atoms with Gasteiger partial charge in [0.15, 0.2) is 0 Å². The van der Waals surface area contributed by atoms with Gasteiger partial charge in [0.25, 0.3) is 0 Å². The SMILES string of the molecule is COc1ccc(CCNS(=O)(=O)c2ccc(Br)cc2Cl)cc1. The van der Waals surface area contributed by atoms with Crippen molar-refractivity contribution < 1.29 is 13.2 Å². The van der Waals surface area contributed by atoms with Crippen molar-refractivity contribution in [2.24, 2.45) is 0 Å². The van der Waals surface area contributed by atoms with Crippen LogP contribution in [0.1, 0.15) is 5.56 Å². The molecule has 0 bridgehead atoms. The van der Waals surface area contributed by atoms with E-state index in [1.165, 1.54) is 6.07 Å². The quantitative estimate of drug-likeness (QED) is 0.800. The van der Waals surface area contributed by atoms with Gasteiger partial charge < -0.3 is 4.74 Å². The van der Waals surface area contributed by atoms with Crippen LogP contribution in [0, 0.1) is 0 Å². The Hall–Kier alpha value is -1.08. The second-order valence-electron chi connectivity index (χ2n) is 4.57. The Kier molecular flexibility index (Phi) is 5.86. The molecule has 0 unspecified atom stereocenters. The summed E-state index contributed by atoms with van der Waals surface area (Å²) in [7, 11) is -2.02. The molecule has 0 aromatic heterocycles. The van der Waals surface area contributed by atoms with Gasteiger partial charge in [-0.05, 0) is 42.3 Å². The molecule has 4 nitrogen and oxygen atoms in total. The van der Waals surface area contributed by atoms with Crippen LogP contribution >= 0.6 is 27.5 Å². The first-order valence-corrected chi connectivity index (χ1v) is 9.15. The molecule has 0 aliphatic carbocycles. The predicted octanol–water partition coefficient (Wildman–Crippen LogP) is 3.63. The lowest BCUT2D eigenvalue weighted by Gasteiger charge is -2.09. The summed E-state index contributed by atoms with van der Waals surface area (Å²) in [5, 5.41) is 0.186. The zero-order valence-corrected chi connectivity index (χ0v) is 15.0. The van der Waals surface area contributed by atoms with Crippen molar-refractivity contribution in [2.75, 3.05) is 13.7 Å². The van der Waals surface area contributed by atoms with Crippen molar-refractivity contribution in [2.45, 2.75) is 11.3 Å². The summed E-state index contributed by atoms with van der Waals surface area (Å²) in [5.74, 6) is 0.769. The lowest BCUT2D eigenvalue weighted by Crippen LogP contribution is -2.26. The first-order chi connectivity index (χ1) is 10.4. The van der Waals surface area contributed by atoms with E-state index in [2.05, 4.69) is 20.7 Å². The van der Waals surface area contributed by atoms with E-state index in [1.54, 1.807) is 19.2 Å². The highest BCUT2D eigenvalue weighted by atomic mass is 79.9. The minimum absolute atomic E-state index is 0.0760. The van der Waals surface area contributed by atoms with Gasteiger partial charge in [-0.15, -0.1) is 0 Å². The average molecular weight is 405 g/mol. The van der Waals surface area contributed by atoms with Gasteiger partial charge in [-0.2, -0.15) is 0 Å². The van der Waals surface area contributed by atoms with Gasteiger partial charge in [-0.3, -0.25) is 0 Å². The Morgan fingerprint density at radius 2 is 1.86 bits per heavy atom. The van der Waals surface area contributed by atoms with Gasteiger partial charge in [0, 0.05) is 11.0 Å². The van der Waals surface area contributed by atoms with Crippen LogP contribution in [0.15, 0.2) is 51.8 Å². The van der Waals surface area contributed by atoms with Gasteiger partial charge >= 0.3 is 0 Å². The van der Waals surface area contributed by atoms with Crippen LogP contribution in [-0.2, 0) is 16.4 Å². The summed E-state index contributed by atoms with van der Waals surface area (Å²) in [4.78, 5) is 0.0760. The molecule has 0 radical (unpaired) electrons. The second kappa shape index (κ2) is 7.46. The van der Waals surface area contributed by atoms with E-state index < -0.39 is 10.0 Å². The molecule has 0 aliphatic heterocycles. The molecule has 0 aliphatic rings. The first-order valence-electron chi connectivity index (χ1n) is 6.50. The molecule has 0 spiro atoms. The third kappa shape index (κ3) is 4.46. The van der Waals surface area contributed by atoms with E-state index in [0.717, 1.165) is 15.8 Å². The van der Waals surface area contributed by atoms with Crippen LogP contribution in [0.5, 0.6) is 5.75 Å². The normalized spacial score (nSPS) is 11.4. The number of methoxy groups -OCH3 is 1. The van der Waals surface area contributed by atoms with E-state index in [0.29, 0.717) is 13.0 Å². The lowest BCUT2D eigenvalue weighted by molar-refractivity contribution is 0.414. The Morgan fingerprint density at radius 3 is 2.45 bits per heavy atom. The summed E-state index contributed by atoms with van der Waals surface area (Å²) in [6, 6.07) is 12.2. The minimum atomic E-state index is -3.62. The highest BCUT2D eigenvalue weighted by Crippen LogP contribution is 2.25. The Balaban J connectivity index is 2.00. The fraction of sp³-hybridized carbons (Fsp3) is 0.200. The van der Waals surface area contributed by atoms with Crippen LogP contribution in [0.3, 0.4) is 0 Å². The van der Waals surface area contributed by atoms with Crippen LogP contribution in [0.25, 0.3) is 0 Å². The largest absolute Gasteiger partial charge is 0.497 e. The zero-order valence-electron chi connectivity index (χ0n) is 11.8. The predicted molar refractivity (Wildman–Crippen MR) is 91.0 cm³/mol. The van der Waals surface area contributed by atoms with E-state index in [4.69, 9.17) is 16.3 Å². The zero-order chi connectivity index (χ0) is 16.2. The van der Waals surface area contributed by atoms with Crippen LogP contribution in [0.4, 0.5) is 0 Å². The van der Waals surface area contributed by atoms with Gasteiger partial charge in [-0.25, -0.2) is 13.1 Å². The smallest absolute Gasteiger partial charge is 0.242 e. The molecule has 2 aromatic rings.